The van der Waals surface area contributed by atoms with E-state index in [0.29, 0.717) is 0 Å². The molecule has 0 N–H and O–H groups in total. The van der Waals surface area contributed by atoms with Crippen molar-refractivity contribution in [2.45, 2.75) is 40.2 Å². The largest absolute Gasteiger partial charge is 0.334 e. The second-order valence-corrected chi connectivity index (χ2v) is 6.98. The first-order valence-electron chi connectivity index (χ1n) is 8.94. The van der Waals surface area contributed by atoms with Crippen molar-refractivity contribution in [3.05, 3.63) is 54.1 Å². The van der Waals surface area contributed by atoms with Crippen LogP contribution in [-0.4, -0.2) is 30.8 Å². The summed E-state index contributed by atoms with van der Waals surface area (Å²) in [5.74, 6) is 1.06. The lowest BCUT2D eigenvalue weighted by Crippen LogP contribution is -1.98. The monoisotopic (exact) mass is 367 g/mol. The van der Waals surface area contributed by atoms with Gasteiger partial charge in [0.2, 0.25) is 0 Å². The summed E-state index contributed by atoms with van der Waals surface area (Å²) in [4.78, 5) is 5.89. The first-order valence-corrected chi connectivity index (χ1v) is 10.2. The molecule has 0 aliphatic carbocycles. The van der Waals surface area contributed by atoms with E-state index in [0.717, 1.165) is 39.7 Å². The molecular formula is C20H25N5S. The van der Waals surface area contributed by atoms with Crippen LogP contribution in [0.2, 0.25) is 0 Å². The molecule has 26 heavy (non-hydrogen) atoms. The minimum Gasteiger partial charge on any atom is -0.334 e. The maximum absolute atomic E-state index is 4.77. The third-order valence-electron chi connectivity index (χ3n) is 4.37. The number of aromatic nitrogens is 5. The summed E-state index contributed by atoms with van der Waals surface area (Å²) in [5, 5.41) is 8.59. The lowest BCUT2D eigenvalue weighted by molar-refractivity contribution is 0.616. The molecule has 0 amide bonds. The highest BCUT2D eigenvalue weighted by molar-refractivity contribution is 8.07. The number of unbranched alkanes of at least 4 members (excludes halogenated alkanes) is 1. The molecule has 5 nitrogen and oxygen atoms in total. The van der Waals surface area contributed by atoms with Gasteiger partial charge in [-0.15, -0.1) is 16.9 Å². The SMILES string of the molecule is C/C=C(\C=C(\SC)c1cn(CCCC)c(C)n1)n1nnc2ccccc21. The predicted octanol–water partition coefficient (Wildman–Crippen LogP) is 5.00. The Morgan fingerprint density at radius 3 is 2.81 bits per heavy atom. The third kappa shape index (κ3) is 3.75. The van der Waals surface area contributed by atoms with E-state index in [1.165, 1.54) is 12.8 Å². The predicted molar refractivity (Wildman–Crippen MR) is 111 cm³/mol. The van der Waals surface area contributed by atoms with Crippen molar-refractivity contribution in [1.82, 2.24) is 24.5 Å². The maximum atomic E-state index is 4.77. The summed E-state index contributed by atoms with van der Waals surface area (Å²) < 4.78 is 4.12. The Labute approximate surface area is 158 Å². The van der Waals surface area contributed by atoms with Crippen LogP contribution in [0.25, 0.3) is 21.6 Å². The first-order chi connectivity index (χ1) is 12.7. The van der Waals surface area contributed by atoms with Gasteiger partial charge >= 0.3 is 0 Å². The van der Waals surface area contributed by atoms with Gasteiger partial charge in [0.25, 0.3) is 0 Å². The van der Waals surface area contributed by atoms with E-state index < -0.39 is 0 Å². The number of hydrogen-bond donors (Lipinski definition) is 0. The third-order valence-corrected chi connectivity index (χ3v) is 5.14. The molecule has 6 heteroatoms. The molecule has 0 aliphatic heterocycles. The number of allylic oxidation sites excluding steroid dienone is 3. The molecule has 136 valence electrons. The van der Waals surface area contributed by atoms with Gasteiger partial charge in [-0.05, 0) is 44.7 Å². The van der Waals surface area contributed by atoms with Gasteiger partial charge in [0.1, 0.15) is 11.3 Å². The smallest absolute Gasteiger partial charge is 0.113 e. The number of aryl methyl sites for hydroxylation is 2. The average molecular weight is 368 g/mol. The molecule has 0 radical (unpaired) electrons. The molecule has 0 spiro atoms. The molecule has 0 saturated carbocycles. The van der Waals surface area contributed by atoms with Crippen LogP contribution in [0.15, 0.2) is 42.6 Å². The maximum Gasteiger partial charge on any atom is 0.113 e. The van der Waals surface area contributed by atoms with Crippen LogP contribution in [0.3, 0.4) is 0 Å². The Kier molecular flexibility index (Phi) is 5.93. The van der Waals surface area contributed by atoms with E-state index in [1.54, 1.807) is 11.8 Å². The molecule has 0 fully saturated rings. The molecule has 2 aromatic heterocycles. The normalized spacial score (nSPS) is 12.9. The zero-order chi connectivity index (χ0) is 18.5. The van der Waals surface area contributed by atoms with E-state index in [4.69, 9.17) is 4.98 Å². The summed E-state index contributed by atoms with van der Waals surface area (Å²) in [5.41, 5.74) is 3.89. The Bertz CT molecular complexity index is 948. The van der Waals surface area contributed by atoms with E-state index in [9.17, 15) is 0 Å². The van der Waals surface area contributed by atoms with E-state index in [-0.39, 0.29) is 0 Å². The number of para-hydroxylation sites is 1. The van der Waals surface area contributed by atoms with Gasteiger partial charge < -0.3 is 4.57 Å². The number of nitrogens with zero attached hydrogens (tertiary/aromatic N) is 5. The topological polar surface area (TPSA) is 48.5 Å². The lowest BCUT2D eigenvalue weighted by atomic mass is 10.3. The van der Waals surface area contributed by atoms with Crippen molar-refractivity contribution in [2.24, 2.45) is 0 Å². The number of benzene rings is 1. The van der Waals surface area contributed by atoms with Crippen LogP contribution in [-0.2, 0) is 6.54 Å². The molecule has 0 aliphatic rings. The van der Waals surface area contributed by atoms with E-state index in [1.807, 2.05) is 35.9 Å². The highest BCUT2D eigenvalue weighted by Gasteiger charge is 2.11. The Balaban J connectivity index is 1.97. The van der Waals surface area contributed by atoms with Crippen LogP contribution in [0.1, 0.15) is 38.2 Å². The van der Waals surface area contributed by atoms with Gasteiger partial charge in [0.15, 0.2) is 0 Å². The first kappa shape index (κ1) is 18.5. The number of imidazole rings is 1. The summed E-state index contributed by atoms with van der Waals surface area (Å²) in [6.45, 7) is 7.31. The average Bonchev–Trinajstić information content (AvgIpc) is 3.25. The van der Waals surface area contributed by atoms with Crippen molar-refractivity contribution >= 4 is 33.4 Å². The van der Waals surface area contributed by atoms with Gasteiger partial charge in [-0.3, -0.25) is 0 Å². The molecule has 0 unspecified atom stereocenters. The fourth-order valence-corrected chi connectivity index (χ4v) is 3.43. The minimum absolute atomic E-state index is 0.894. The molecule has 0 atom stereocenters. The fraction of sp³-hybridized carbons (Fsp3) is 0.350. The van der Waals surface area contributed by atoms with Crippen molar-refractivity contribution < 1.29 is 0 Å². The van der Waals surface area contributed by atoms with Gasteiger partial charge in [0, 0.05) is 17.6 Å². The van der Waals surface area contributed by atoms with Gasteiger partial charge in [-0.1, -0.05) is 36.8 Å². The summed E-state index contributed by atoms with van der Waals surface area (Å²) in [6.07, 6.45) is 10.8. The molecule has 3 aromatic rings. The molecule has 3 rings (SSSR count). The molecule has 2 heterocycles. The van der Waals surface area contributed by atoms with Crippen molar-refractivity contribution in [3.63, 3.8) is 0 Å². The molecule has 0 bridgehead atoms. The van der Waals surface area contributed by atoms with E-state index in [2.05, 4.69) is 53.3 Å². The van der Waals surface area contributed by atoms with Crippen molar-refractivity contribution in [3.8, 4) is 0 Å². The zero-order valence-electron chi connectivity index (χ0n) is 15.8. The zero-order valence-corrected chi connectivity index (χ0v) is 16.6. The van der Waals surface area contributed by atoms with Crippen LogP contribution < -0.4 is 0 Å². The van der Waals surface area contributed by atoms with Crippen molar-refractivity contribution in [2.75, 3.05) is 6.26 Å². The quantitative estimate of drug-likeness (QED) is 0.551. The Morgan fingerprint density at radius 1 is 1.27 bits per heavy atom. The van der Waals surface area contributed by atoms with Gasteiger partial charge in [-0.25, -0.2) is 9.67 Å². The second-order valence-electron chi connectivity index (χ2n) is 6.14. The highest BCUT2D eigenvalue weighted by atomic mass is 32.2. The Morgan fingerprint density at radius 2 is 2.08 bits per heavy atom. The number of fused-ring (bicyclic) bond motifs is 1. The van der Waals surface area contributed by atoms with Crippen LogP contribution in [0.5, 0.6) is 0 Å². The van der Waals surface area contributed by atoms with E-state index >= 15 is 0 Å². The Hall–Kier alpha value is -2.34. The number of thioether (sulfide) groups is 1. The molecule has 1 aromatic carbocycles. The van der Waals surface area contributed by atoms with Crippen LogP contribution >= 0.6 is 11.8 Å². The van der Waals surface area contributed by atoms with Gasteiger partial charge in [0.05, 0.1) is 16.9 Å². The van der Waals surface area contributed by atoms with Crippen LogP contribution in [0, 0.1) is 6.92 Å². The molecular weight excluding hydrogens is 342 g/mol. The summed E-state index contributed by atoms with van der Waals surface area (Å²) in [7, 11) is 0. The standard InChI is InChI=1S/C20H25N5S/c1-5-7-12-24-14-18(21-15(24)3)20(26-4)13-16(6-2)25-19-11-9-8-10-17(19)22-23-25/h6,8-11,13-14H,5,7,12H2,1-4H3/b16-6+,20-13+. The van der Waals surface area contributed by atoms with Crippen LogP contribution in [0.4, 0.5) is 0 Å². The summed E-state index contributed by atoms with van der Waals surface area (Å²) in [6, 6.07) is 8.00. The van der Waals surface area contributed by atoms with Crippen molar-refractivity contribution in [1.29, 1.82) is 0 Å². The highest BCUT2D eigenvalue weighted by Crippen LogP contribution is 2.28. The summed E-state index contributed by atoms with van der Waals surface area (Å²) >= 11 is 1.70. The lowest BCUT2D eigenvalue weighted by Gasteiger charge is -2.06. The fourth-order valence-electron chi connectivity index (χ4n) is 2.88. The second kappa shape index (κ2) is 8.36. The van der Waals surface area contributed by atoms with Gasteiger partial charge in [-0.2, -0.15) is 0 Å². The number of rotatable bonds is 7. The minimum atomic E-state index is 0.894. The number of hydrogen-bond acceptors (Lipinski definition) is 4. The molecule has 0 saturated heterocycles.